The van der Waals surface area contributed by atoms with Crippen LogP contribution in [0.1, 0.15) is 20.8 Å². The summed E-state index contributed by atoms with van der Waals surface area (Å²) in [5.41, 5.74) is 0.0937. The number of hydrogen-bond acceptors (Lipinski definition) is 3. The van der Waals surface area contributed by atoms with Gasteiger partial charge in [-0.1, -0.05) is 13.8 Å². The third kappa shape index (κ3) is 4.72. The standard InChI is InChI=1S/C9H16B2O4/c1-5(2)9(10,11)15-8(14)6(3)4-7(12)13/h4-5H,10-11H2,1-3H3,(H,12,13)/b6-4+. The van der Waals surface area contributed by atoms with Gasteiger partial charge < -0.3 is 9.84 Å². The molecule has 0 rings (SSSR count). The molecule has 0 saturated heterocycles. The molecule has 6 heteroatoms. The van der Waals surface area contributed by atoms with E-state index in [0.29, 0.717) is 0 Å². The summed E-state index contributed by atoms with van der Waals surface area (Å²) in [6.45, 7) is 5.29. The van der Waals surface area contributed by atoms with E-state index in [2.05, 4.69) is 0 Å². The number of carbonyl (C=O) groups is 2. The summed E-state index contributed by atoms with van der Waals surface area (Å²) in [6, 6.07) is 0. The molecule has 0 aliphatic carbocycles. The number of ether oxygens (including phenoxy) is 1. The van der Waals surface area contributed by atoms with Crippen LogP contribution in [0.5, 0.6) is 0 Å². The van der Waals surface area contributed by atoms with E-state index in [1.165, 1.54) is 6.92 Å². The predicted octanol–water partition coefficient (Wildman–Crippen LogP) is -0.863. The van der Waals surface area contributed by atoms with Crippen molar-refractivity contribution in [1.29, 1.82) is 0 Å². The summed E-state index contributed by atoms with van der Waals surface area (Å²) < 4.78 is 5.19. The first-order valence-electron chi connectivity index (χ1n) is 4.81. The minimum absolute atomic E-state index is 0.0937. The van der Waals surface area contributed by atoms with E-state index < -0.39 is 17.3 Å². The SMILES string of the molecule is BC(B)(OC(=O)/C(C)=C/C(=O)O)C(C)C. The van der Waals surface area contributed by atoms with E-state index >= 15 is 0 Å². The molecule has 0 aliphatic heterocycles. The Bertz CT molecular complexity index is 294. The molecule has 0 aromatic carbocycles. The van der Waals surface area contributed by atoms with Crippen LogP contribution in [0.2, 0.25) is 0 Å². The number of carboxylic acid groups (broad SMARTS) is 1. The molecule has 15 heavy (non-hydrogen) atoms. The van der Waals surface area contributed by atoms with Crippen molar-refractivity contribution in [2.45, 2.75) is 26.2 Å². The van der Waals surface area contributed by atoms with Gasteiger partial charge in [-0.15, -0.1) is 0 Å². The smallest absolute Gasteiger partial charge is 0.333 e. The molecule has 4 nitrogen and oxygen atoms in total. The third-order valence-electron chi connectivity index (χ3n) is 2.41. The van der Waals surface area contributed by atoms with Crippen LogP contribution in [-0.2, 0) is 14.3 Å². The number of esters is 1. The van der Waals surface area contributed by atoms with E-state index in [-0.39, 0.29) is 11.5 Å². The molecule has 0 unspecified atom stereocenters. The van der Waals surface area contributed by atoms with Crippen LogP contribution in [0.15, 0.2) is 11.6 Å². The maximum atomic E-state index is 11.4. The van der Waals surface area contributed by atoms with Crippen molar-refractivity contribution in [3.05, 3.63) is 11.6 Å². The summed E-state index contributed by atoms with van der Waals surface area (Å²) in [4.78, 5) is 21.8. The highest BCUT2D eigenvalue weighted by Gasteiger charge is 2.27. The lowest BCUT2D eigenvalue weighted by molar-refractivity contribution is -0.145. The van der Waals surface area contributed by atoms with Gasteiger partial charge in [-0.2, -0.15) is 0 Å². The predicted molar refractivity (Wildman–Crippen MR) is 62.1 cm³/mol. The molecule has 0 amide bonds. The average Bonchev–Trinajstić information content (AvgIpc) is 2.01. The van der Waals surface area contributed by atoms with E-state index in [4.69, 9.17) is 9.84 Å². The van der Waals surface area contributed by atoms with Gasteiger partial charge >= 0.3 is 11.9 Å². The minimum atomic E-state index is -1.15. The van der Waals surface area contributed by atoms with Crippen LogP contribution in [0.4, 0.5) is 0 Å². The van der Waals surface area contributed by atoms with Gasteiger partial charge in [-0.05, 0) is 12.8 Å². The third-order valence-corrected chi connectivity index (χ3v) is 2.41. The van der Waals surface area contributed by atoms with Crippen molar-refractivity contribution in [3.8, 4) is 0 Å². The second-order valence-electron chi connectivity index (χ2n) is 4.31. The van der Waals surface area contributed by atoms with Crippen LogP contribution in [0.3, 0.4) is 0 Å². The zero-order valence-electron chi connectivity index (χ0n) is 9.83. The fourth-order valence-corrected chi connectivity index (χ4v) is 0.681. The van der Waals surface area contributed by atoms with Crippen molar-refractivity contribution in [3.63, 3.8) is 0 Å². The zero-order chi connectivity index (χ0) is 12.2. The Balaban J connectivity index is 4.57. The molecule has 0 bridgehead atoms. The molecule has 0 aliphatic rings. The van der Waals surface area contributed by atoms with Crippen molar-refractivity contribution >= 4 is 27.6 Å². The van der Waals surface area contributed by atoms with Gasteiger partial charge in [0.05, 0.1) is 0 Å². The molecule has 0 fully saturated rings. The van der Waals surface area contributed by atoms with Crippen molar-refractivity contribution < 1.29 is 19.4 Å². The van der Waals surface area contributed by atoms with E-state index in [1.54, 1.807) is 15.7 Å². The highest BCUT2D eigenvalue weighted by atomic mass is 16.5. The lowest BCUT2D eigenvalue weighted by atomic mass is 9.59. The van der Waals surface area contributed by atoms with E-state index in [1.807, 2.05) is 13.8 Å². The van der Waals surface area contributed by atoms with Crippen molar-refractivity contribution in [2.24, 2.45) is 5.92 Å². The lowest BCUT2D eigenvalue weighted by Crippen LogP contribution is -2.41. The normalized spacial score (nSPS) is 12.7. The van der Waals surface area contributed by atoms with Gasteiger partial charge in [0.2, 0.25) is 0 Å². The van der Waals surface area contributed by atoms with Crippen LogP contribution in [0.25, 0.3) is 0 Å². The first kappa shape index (κ1) is 13.8. The molecule has 0 aromatic heterocycles. The second kappa shape index (κ2) is 5.05. The number of carbonyl (C=O) groups excluding carboxylic acids is 1. The first-order valence-corrected chi connectivity index (χ1v) is 4.81. The maximum Gasteiger partial charge on any atom is 0.333 e. The Morgan fingerprint density at radius 3 is 2.20 bits per heavy atom. The molecule has 0 spiro atoms. The van der Waals surface area contributed by atoms with Crippen LogP contribution in [0, 0.1) is 5.92 Å². The molecule has 1 N–H and O–H groups in total. The summed E-state index contributed by atoms with van der Waals surface area (Å²) in [6.07, 6.45) is 0.846. The Hall–Kier alpha value is -1.19. The molecular weight excluding hydrogens is 194 g/mol. The Kier molecular flexibility index (Phi) is 4.65. The highest BCUT2D eigenvalue weighted by Crippen LogP contribution is 2.15. The monoisotopic (exact) mass is 210 g/mol. The maximum absolute atomic E-state index is 11.4. The number of carboxylic acids is 1. The topological polar surface area (TPSA) is 63.6 Å². The van der Waals surface area contributed by atoms with Gasteiger partial charge in [0.15, 0.2) is 0 Å². The van der Waals surface area contributed by atoms with Crippen LogP contribution >= 0.6 is 0 Å². The molecule has 82 valence electrons. The second-order valence-corrected chi connectivity index (χ2v) is 4.31. The Morgan fingerprint density at radius 2 is 1.87 bits per heavy atom. The summed E-state index contributed by atoms with van der Waals surface area (Å²) in [7, 11) is 3.59. The average molecular weight is 210 g/mol. The van der Waals surface area contributed by atoms with E-state index in [9.17, 15) is 9.59 Å². The van der Waals surface area contributed by atoms with Crippen molar-refractivity contribution in [1.82, 2.24) is 0 Å². The molecular formula is C9H16B2O4. The number of aliphatic carboxylic acids is 1. The quantitative estimate of drug-likeness (QED) is 0.372. The fourth-order valence-electron chi connectivity index (χ4n) is 0.681. The zero-order valence-corrected chi connectivity index (χ0v) is 9.83. The minimum Gasteiger partial charge on any atom is -0.478 e. The first-order chi connectivity index (χ1) is 6.66. The highest BCUT2D eigenvalue weighted by molar-refractivity contribution is 6.40. The molecule has 0 heterocycles. The fraction of sp³-hybridized carbons (Fsp3) is 0.556. The molecule has 0 aromatic rings. The molecule has 0 atom stereocenters. The molecule has 0 radical (unpaired) electrons. The number of hydrogen-bond donors (Lipinski definition) is 1. The summed E-state index contributed by atoms with van der Waals surface area (Å²) in [5.74, 6) is -1.57. The van der Waals surface area contributed by atoms with Crippen LogP contribution in [-0.4, -0.2) is 38.1 Å². The largest absolute Gasteiger partial charge is 0.478 e. The van der Waals surface area contributed by atoms with Crippen LogP contribution < -0.4 is 0 Å². The number of rotatable bonds is 4. The summed E-state index contributed by atoms with van der Waals surface area (Å²) >= 11 is 0. The van der Waals surface area contributed by atoms with Gasteiger partial charge in [0.1, 0.15) is 15.7 Å². The molecule has 0 saturated carbocycles. The summed E-state index contributed by atoms with van der Waals surface area (Å²) in [5, 5.41) is 7.86. The Morgan fingerprint density at radius 1 is 1.40 bits per heavy atom. The van der Waals surface area contributed by atoms with E-state index in [0.717, 1.165) is 6.08 Å². The van der Waals surface area contributed by atoms with Gasteiger partial charge in [-0.25, -0.2) is 9.59 Å². The van der Waals surface area contributed by atoms with Gasteiger partial charge in [0.25, 0.3) is 0 Å². The van der Waals surface area contributed by atoms with Crippen molar-refractivity contribution in [2.75, 3.05) is 0 Å². The van der Waals surface area contributed by atoms with Gasteiger partial charge in [-0.3, -0.25) is 0 Å². The van der Waals surface area contributed by atoms with Gasteiger partial charge in [0, 0.05) is 17.0 Å². The Labute approximate surface area is 91.5 Å². The lowest BCUT2D eigenvalue weighted by Gasteiger charge is -2.29.